The Hall–Kier alpha value is -1.83. The van der Waals surface area contributed by atoms with Gasteiger partial charge in [0.05, 0.1) is 6.10 Å². The van der Waals surface area contributed by atoms with E-state index in [4.69, 9.17) is 0 Å². The first-order valence-electron chi connectivity index (χ1n) is 6.78. The average molecular weight is 300 g/mol. The summed E-state index contributed by atoms with van der Waals surface area (Å²) < 4.78 is 39.2. The van der Waals surface area contributed by atoms with Crippen molar-refractivity contribution in [1.29, 1.82) is 0 Å². The number of aliphatic hydroxyl groups is 1. The number of hydrogen-bond acceptors (Lipinski definition) is 4. The molecule has 8 heteroatoms. The van der Waals surface area contributed by atoms with Crippen molar-refractivity contribution in [2.24, 2.45) is 5.92 Å². The number of nitrogens with one attached hydrogen (secondary N) is 1. The Morgan fingerprint density at radius 3 is 2.86 bits per heavy atom. The van der Waals surface area contributed by atoms with Crippen molar-refractivity contribution in [3.63, 3.8) is 0 Å². The average Bonchev–Trinajstić information content (AvgIpc) is 3.02. The lowest BCUT2D eigenvalue weighted by Gasteiger charge is -2.15. The fourth-order valence-electron chi connectivity index (χ4n) is 2.68. The SMILES string of the molecule is OC1CCCC1CNc1nccn2nc(C(F)(F)F)cc12. The molecule has 5 nitrogen and oxygen atoms in total. The van der Waals surface area contributed by atoms with Gasteiger partial charge in [0.15, 0.2) is 11.5 Å². The first kappa shape index (κ1) is 14.1. The van der Waals surface area contributed by atoms with Crippen LogP contribution in [0.2, 0.25) is 0 Å². The zero-order chi connectivity index (χ0) is 15.0. The first-order chi connectivity index (χ1) is 9.95. The summed E-state index contributed by atoms with van der Waals surface area (Å²) in [4.78, 5) is 4.07. The molecular formula is C13H15F3N4O. The lowest BCUT2D eigenvalue weighted by atomic mass is 10.1. The summed E-state index contributed by atoms with van der Waals surface area (Å²) in [7, 11) is 0. The Kier molecular flexibility index (Phi) is 3.48. The monoisotopic (exact) mass is 300 g/mol. The van der Waals surface area contributed by atoms with Gasteiger partial charge in [-0.1, -0.05) is 6.42 Å². The smallest absolute Gasteiger partial charge is 0.393 e. The minimum Gasteiger partial charge on any atom is -0.393 e. The molecule has 1 fully saturated rings. The molecule has 2 aromatic rings. The highest BCUT2D eigenvalue weighted by Gasteiger charge is 2.34. The van der Waals surface area contributed by atoms with Gasteiger partial charge >= 0.3 is 6.18 Å². The van der Waals surface area contributed by atoms with Crippen LogP contribution in [0.5, 0.6) is 0 Å². The summed E-state index contributed by atoms with van der Waals surface area (Å²) in [5, 5.41) is 16.3. The second-order valence-electron chi connectivity index (χ2n) is 5.27. The Labute approximate surface area is 118 Å². The normalized spacial score (nSPS) is 22.9. The number of halogens is 3. The molecule has 114 valence electrons. The summed E-state index contributed by atoms with van der Waals surface area (Å²) >= 11 is 0. The van der Waals surface area contributed by atoms with Gasteiger partial charge in [-0.15, -0.1) is 0 Å². The third-order valence-corrected chi connectivity index (χ3v) is 3.83. The third kappa shape index (κ3) is 2.80. The zero-order valence-corrected chi connectivity index (χ0v) is 11.1. The summed E-state index contributed by atoms with van der Waals surface area (Å²) in [6.07, 6.45) is 0.585. The highest BCUT2D eigenvalue weighted by atomic mass is 19.4. The van der Waals surface area contributed by atoms with Gasteiger partial charge in [-0.2, -0.15) is 18.3 Å². The molecule has 2 unspecified atom stereocenters. The van der Waals surface area contributed by atoms with Crippen LogP contribution in [0.1, 0.15) is 25.0 Å². The molecule has 3 rings (SSSR count). The van der Waals surface area contributed by atoms with Gasteiger partial charge in [0.1, 0.15) is 5.52 Å². The fourth-order valence-corrected chi connectivity index (χ4v) is 2.68. The van der Waals surface area contributed by atoms with Crippen molar-refractivity contribution in [3.8, 4) is 0 Å². The van der Waals surface area contributed by atoms with Crippen LogP contribution >= 0.6 is 0 Å². The molecule has 0 saturated heterocycles. The Balaban J connectivity index is 1.83. The molecule has 1 aliphatic carbocycles. The van der Waals surface area contributed by atoms with E-state index in [1.54, 1.807) is 0 Å². The lowest BCUT2D eigenvalue weighted by Crippen LogP contribution is -2.22. The molecule has 1 aliphatic rings. The van der Waals surface area contributed by atoms with Crippen molar-refractivity contribution in [3.05, 3.63) is 24.2 Å². The molecule has 0 bridgehead atoms. The number of nitrogens with zero attached hydrogens (tertiary/aromatic N) is 3. The van der Waals surface area contributed by atoms with Gasteiger partial charge in [0.25, 0.3) is 0 Å². The van der Waals surface area contributed by atoms with Crippen LogP contribution < -0.4 is 5.32 Å². The van der Waals surface area contributed by atoms with E-state index in [9.17, 15) is 18.3 Å². The predicted molar refractivity (Wildman–Crippen MR) is 69.8 cm³/mol. The molecule has 0 aliphatic heterocycles. The molecule has 0 spiro atoms. The molecule has 0 radical (unpaired) electrons. The van der Waals surface area contributed by atoms with Gasteiger partial charge in [0, 0.05) is 30.9 Å². The van der Waals surface area contributed by atoms with Gasteiger partial charge < -0.3 is 10.4 Å². The van der Waals surface area contributed by atoms with E-state index in [1.165, 1.54) is 12.4 Å². The quantitative estimate of drug-likeness (QED) is 0.913. The van der Waals surface area contributed by atoms with Crippen LogP contribution in [0.3, 0.4) is 0 Å². The van der Waals surface area contributed by atoms with Crippen molar-refractivity contribution in [2.75, 3.05) is 11.9 Å². The fraction of sp³-hybridized carbons (Fsp3) is 0.538. The van der Waals surface area contributed by atoms with Gasteiger partial charge in [-0.05, 0) is 12.8 Å². The molecule has 2 heterocycles. The van der Waals surface area contributed by atoms with Crippen LogP contribution in [0.4, 0.5) is 19.0 Å². The van der Waals surface area contributed by atoms with E-state index in [0.717, 1.165) is 29.8 Å². The molecule has 2 N–H and O–H groups in total. The van der Waals surface area contributed by atoms with E-state index in [2.05, 4.69) is 15.4 Å². The number of anilines is 1. The van der Waals surface area contributed by atoms with Crippen LogP contribution in [-0.4, -0.2) is 32.4 Å². The lowest BCUT2D eigenvalue weighted by molar-refractivity contribution is -0.141. The number of fused-ring (bicyclic) bond motifs is 1. The maximum absolute atomic E-state index is 12.7. The van der Waals surface area contributed by atoms with E-state index >= 15 is 0 Å². The number of hydrogen-bond donors (Lipinski definition) is 2. The Bertz CT molecular complexity index is 640. The van der Waals surface area contributed by atoms with Crippen molar-refractivity contribution < 1.29 is 18.3 Å². The summed E-state index contributed by atoms with van der Waals surface area (Å²) in [5.41, 5.74) is -0.670. The molecule has 1 saturated carbocycles. The number of rotatable bonds is 3. The molecule has 21 heavy (non-hydrogen) atoms. The molecule has 2 atom stereocenters. The second kappa shape index (κ2) is 5.18. The van der Waals surface area contributed by atoms with E-state index in [-0.39, 0.29) is 17.5 Å². The van der Waals surface area contributed by atoms with Crippen LogP contribution in [0.25, 0.3) is 5.52 Å². The summed E-state index contributed by atoms with van der Waals surface area (Å²) in [6.45, 7) is 0.486. The maximum Gasteiger partial charge on any atom is 0.435 e. The van der Waals surface area contributed by atoms with Gasteiger partial charge in [0.2, 0.25) is 0 Å². The van der Waals surface area contributed by atoms with Crippen molar-refractivity contribution >= 4 is 11.3 Å². The standard InChI is InChI=1S/C13H15F3N4O/c14-13(15,16)11-6-9-12(17-4-5-20(9)19-11)18-7-8-2-1-3-10(8)21/h4-6,8,10,21H,1-3,7H2,(H,17,18). The zero-order valence-electron chi connectivity index (χ0n) is 11.1. The number of alkyl halides is 3. The van der Waals surface area contributed by atoms with Crippen LogP contribution in [-0.2, 0) is 6.18 Å². The minimum absolute atomic E-state index is 0.108. The molecule has 2 aromatic heterocycles. The highest BCUT2D eigenvalue weighted by Crippen LogP contribution is 2.30. The van der Waals surface area contributed by atoms with E-state index in [1.807, 2.05) is 0 Å². The molecular weight excluding hydrogens is 285 g/mol. The highest BCUT2D eigenvalue weighted by molar-refractivity contribution is 5.67. The van der Waals surface area contributed by atoms with E-state index in [0.29, 0.717) is 12.4 Å². The van der Waals surface area contributed by atoms with Gasteiger partial charge in [-0.25, -0.2) is 9.50 Å². The van der Waals surface area contributed by atoms with E-state index < -0.39 is 11.9 Å². The van der Waals surface area contributed by atoms with Crippen molar-refractivity contribution in [1.82, 2.24) is 14.6 Å². The summed E-state index contributed by atoms with van der Waals surface area (Å²) in [6, 6.07) is 0.973. The molecule has 0 aromatic carbocycles. The largest absolute Gasteiger partial charge is 0.435 e. The molecule has 0 amide bonds. The van der Waals surface area contributed by atoms with Crippen molar-refractivity contribution in [2.45, 2.75) is 31.5 Å². The third-order valence-electron chi connectivity index (χ3n) is 3.83. The summed E-state index contributed by atoms with van der Waals surface area (Å²) in [5.74, 6) is 0.455. The second-order valence-corrected chi connectivity index (χ2v) is 5.27. The predicted octanol–water partition coefficient (Wildman–Crippen LogP) is 2.32. The first-order valence-corrected chi connectivity index (χ1v) is 6.78. The van der Waals surface area contributed by atoms with Gasteiger partial charge in [-0.3, -0.25) is 0 Å². The number of aromatic nitrogens is 3. The number of aliphatic hydroxyl groups excluding tert-OH is 1. The van der Waals surface area contributed by atoms with Crippen LogP contribution in [0, 0.1) is 5.92 Å². The Morgan fingerprint density at radius 1 is 1.38 bits per heavy atom. The topological polar surface area (TPSA) is 62.5 Å². The minimum atomic E-state index is -4.48. The maximum atomic E-state index is 12.7. The Morgan fingerprint density at radius 2 is 2.19 bits per heavy atom. The van der Waals surface area contributed by atoms with Crippen LogP contribution in [0.15, 0.2) is 18.5 Å².